The maximum absolute atomic E-state index is 12.1. The third kappa shape index (κ3) is 5.51. The van der Waals surface area contributed by atoms with Gasteiger partial charge < -0.3 is 10.4 Å². The Kier molecular flexibility index (Phi) is 6.60. The zero-order valence-electron chi connectivity index (χ0n) is 14.0. The summed E-state index contributed by atoms with van der Waals surface area (Å²) >= 11 is 0. The number of rotatable bonds is 8. The van der Waals surface area contributed by atoms with Gasteiger partial charge in [0.25, 0.3) is 0 Å². The van der Waals surface area contributed by atoms with E-state index in [4.69, 9.17) is 5.11 Å². The van der Waals surface area contributed by atoms with Gasteiger partial charge in [-0.1, -0.05) is 45.0 Å². The summed E-state index contributed by atoms with van der Waals surface area (Å²) < 4.78 is 0. The lowest BCUT2D eigenvalue weighted by atomic mass is 9.85. The molecular formula is C18H27NO3. The van der Waals surface area contributed by atoms with Gasteiger partial charge in [-0.05, 0) is 36.8 Å². The van der Waals surface area contributed by atoms with Crippen LogP contribution in [0.1, 0.15) is 51.7 Å². The first-order valence-corrected chi connectivity index (χ1v) is 7.87. The number of amides is 1. The van der Waals surface area contributed by atoms with Crippen LogP contribution in [0.5, 0.6) is 0 Å². The van der Waals surface area contributed by atoms with Crippen LogP contribution in [0.15, 0.2) is 24.3 Å². The number of aliphatic carboxylic acids is 1. The highest BCUT2D eigenvalue weighted by atomic mass is 16.4. The summed E-state index contributed by atoms with van der Waals surface area (Å²) in [6.07, 6.45) is 1.97. The first-order valence-electron chi connectivity index (χ1n) is 7.87. The fraction of sp³-hybridized carbons (Fsp3) is 0.556. The van der Waals surface area contributed by atoms with Gasteiger partial charge in [0.15, 0.2) is 0 Å². The molecule has 0 radical (unpaired) electrons. The number of carbonyl (C=O) groups is 2. The molecule has 0 aliphatic carbocycles. The van der Waals surface area contributed by atoms with Gasteiger partial charge in [-0.2, -0.15) is 0 Å². The highest BCUT2D eigenvalue weighted by Crippen LogP contribution is 2.21. The maximum atomic E-state index is 12.1. The minimum Gasteiger partial charge on any atom is -0.481 e. The number of carboxylic acid groups (broad SMARTS) is 1. The number of carboxylic acids is 1. The highest BCUT2D eigenvalue weighted by molar-refractivity contribution is 5.78. The van der Waals surface area contributed by atoms with Gasteiger partial charge in [0.05, 0.1) is 6.42 Å². The van der Waals surface area contributed by atoms with Crippen LogP contribution in [0.25, 0.3) is 0 Å². The molecule has 0 spiro atoms. The summed E-state index contributed by atoms with van der Waals surface area (Å²) in [6, 6.07) is 8.25. The summed E-state index contributed by atoms with van der Waals surface area (Å²) in [5.74, 6) is -0.944. The van der Waals surface area contributed by atoms with Gasteiger partial charge in [0.2, 0.25) is 5.91 Å². The second kappa shape index (κ2) is 7.97. The van der Waals surface area contributed by atoms with Crippen LogP contribution in [0.2, 0.25) is 0 Å². The van der Waals surface area contributed by atoms with Crippen LogP contribution >= 0.6 is 0 Å². The predicted molar refractivity (Wildman–Crippen MR) is 87.8 cm³/mol. The monoisotopic (exact) mass is 305 g/mol. The Balaban J connectivity index is 2.58. The van der Waals surface area contributed by atoms with Crippen molar-refractivity contribution in [2.75, 3.05) is 0 Å². The van der Waals surface area contributed by atoms with Crippen molar-refractivity contribution in [2.45, 2.75) is 58.9 Å². The van der Waals surface area contributed by atoms with Crippen LogP contribution < -0.4 is 5.32 Å². The van der Waals surface area contributed by atoms with Gasteiger partial charge in [-0.15, -0.1) is 0 Å². The predicted octanol–water partition coefficient (Wildman–Crippen LogP) is 3.19. The topological polar surface area (TPSA) is 66.4 Å². The molecule has 0 heterocycles. The minimum atomic E-state index is -0.897. The van der Waals surface area contributed by atoms with Crippen molar-refractivity contribution >= 4 is 11.9 Å². The molecule has 0 saturated heterocycles. The Morgan fingerprint density at radius 1 is 1.18 bits per heavy atom. The smallest absolute Gasteiger partial charge is 0.305 e. The molecule has 0 aromatic heterocycles. The zero-order valence-corrected chi connectivity index (χ0v) is 14.0. The van der Waals surface area contributed by atoms with Gasteiger partial charge >= 0.3 is 5.97 Å². The van der Waals surface area contributed by atoms with E-state index in [1.807, 2.05) is 26.0 Å². The van der Waals surface area contributed by atoms with Crippen molar-refractivity contribution in [3.63, 3.8) is 0 Å². The summed E-state index contributed by atoms with van der Waals surface area (Å²) in [4.78, 5) is 23.1. The van der Waals surface area contributed by atoms with E-state index in [0.29, 0.717) is 12.8 Å². The van der Waals surface area contributed by atoms with Gasteiger partial charge in [-0.3, -0.25) is 9.59 Å². The van der Waals surface area contributed by atoms with Crippen molar-refractivity contribution in [2.24, 2.45) is 5.92 Å². The average molecular weight is 305 g/mol. The number of benzene rings is 1. The lowest BCUT2D eigenvalue weighted by Crippen LogP contribution is -2.51. The molecule has 0 saturated carbocycles. The Hall–Kier alpha value is -1.84. The van der Waals surface area contributed by atoms with E-state index in [2.05, 4.69) is 24.4 Å². The van der Waals surface area contributed by atoms with Crippen molar-refractivity contribution in [3.8, 4) is 0 Å². The third-order valence-corrected chi connectivity index (χ3v) is 4.29. The molecule has 2 N–H and O–H groups in total. The lowest BCUT2D eigenvalue weighted by molar-refractivity contribution is -0.139. The second-order valence-electron chi connectivity index (χ2n) is 6.36. The van der Waals surface area contributed by atoms with Crippen LogP contribution in [0.4, 0.5) is 0 Å². The minimum absolute atomic E-state index is 0.0522. The van der Waals surface area contributed by atoms with E-state index in [1.165, 1.54) is 5.56 Å². The Morgan fingerprint density at radius 3 is 2.18 bits per heavy atom. The fourth-order valence-corrected chi connectivity index (χ4v) is 2.29. The molecule has 122 valence electrons. The van der Waals surface area contributed by atoms with Gasteiger partial charge in [-0.25, -0.2) is 0 Å². The number of carbonyl (C=O) groups excluding carboxylic acids is 1. The highest BCUT2D eigenvalue weighted by Gasteiger charge is 2.32. The molecule has 1 rings (SSSR count). The molecule has 1 unspecified atom stereocenters. The summed E-state index contributed by atoms with van der Waals surface area (Å²) in [5, 5.41) is 11.9. The molecule has 1 amide bonds. The molecular weight excluding hydrogens is 278 g/mol. The van der Waals surface area contributed by atoms with Crippen molar-refractivity contribution in [1.82, 2.24) is 5.32 Å². The van der Waals surface area contributed by atoms with E-state index in [9.17, 15) is 9.59 Å². The van der Waals surface area contributed by atoms with Crippen LogP contribution in [-0.2, 0) is 22.4 Å². The first kappa shape index (κ1) is 18.2. The molecule has 1 atom stereocenters. The number of hydrogen-bond acceptors (Lipinski definition) is 2. The number of nitrogens with one attached hydrogen (secondary N) is 1. The fourth-order valence-electron chi connectivity index (χ4n) is 2.29. The number of hydrogen-bond donors (Lipinski definition) is 2. The van der Waals surface area contributed by atoms with Crippen molar-refractivity contribution in [3.05, 3.63) is 35.4 Å². The zero-order chi connectivity index (χ0) is 16.8. The Morgan fingerprint density at radius 2 is 1.73 bits per heavy atom. The molecule has 0 fully saturated rings. The largest absolute Gasteiger partial charge is 0.481 e. The molecule has 4 heteroatoms. The van der Waals surface area contributed by atoms with Crippen LogP contribution in [0, 0.1) is 5.92 Å². The average Bonchev–Trinajstić information content (AvgIpc) is 2.44. The lowest BCUT2D eigenvalue weighted by Gasteiger charge is -2.33. The summed E-state index contributed by atoms with van der Waals surface area (Å²) in [6.45, 7) is 7.75. The Bertz CT molecular complexity index is 508. The van der Waals surface area contributed by atoms with E-state index in [1.54, 1.807) is 6.92 Å². The van der Waals surface area contributed by atoms with E-state index >= 15 is 0 Å². The van der Waals surface area contributed by atoms with Crippen molar-refractivity contribution < 1.29 is 14.7 Å². The molecule has 0 bridgehead atoms. The molecule has 4 nitrogen and oxygen atoms in total. The SMILES string of the molecule is CCc1ccc(CCC(=O)NC(C)(CC(=O)O)C(C)C)cc1. The van der Waals surface area contributed by atoms with Gasteiger partial charge in [0.1, 0.15) is 0 Å². The second-order valence-corrected chi connectivity index (χ2v) is 6.36. The van der Waals surface area contributed by atoms with Crippen molar-refractivity contribution in [1.29, 1.82) is 0 Å². The van der Waals surface area contributed by atoms with E-state index < -0.39 is 11.5 Å². The quantitative estimate of drug-likeness (QED) is 0.775. The van der Waals surface area contributed by atoms with E-state index in [0.717, 1.165) is 12.0 Å². The summed E-state index contributed by atoms with van der Waals surface area (Å²) in [5.41, 5.74) is 1.69. The maximum Gasteiger partial charge on any atom is 0.305 e. The molecule has 22 heavy (non-hydrogen) atoms. The van der Waals surface area contributed by atoms with Gasteiger partial charge in [0, 0.05) is 12.0 Å². The van der Waals surface area contributed by atoms with E-state index in [-0.39, 0.29) is 18.2 Å². The molecule has 1 aromatic carbocycles. The molecule has 0 aliphatic rings. The number of aryl methyl sites for hydroxylation is 2. The summed E-state index contributed by atoms with van der Waals surface area (Å²) in [7, 11) is 0. The normalized spacial score (nSPS) is 13.7. The first-order chi connectivity index (χ1) is 10.3. The standard InChI is InChI=1S/C18H27NO3/c1-5-14-6-8-15(9-7-14)10-11-16(20)19-18(4,13(2)3)12-17(21)22/h6-9,13H,5,10-12H2,1-4H3,(H,19,20)(H,21,22). The third-order valence-electron chi connectivity index (χ3n) is 4.29. The Labute approximate surface area is 132 Å². The molecule has 1 aromatic rings. The molecule has 0 aliphatic heterocycles. The van der Waals surface area contributed by atoms with Crippen LogP contribution in [-0.4, -0.2) is 22.5 Å². The van der Waals surface area contributed by atoms with Crippen LogP contribution in [0.3, 0.4) is 0 Å².